The van der Waals surface area contributed by atoms with Gasteiger partial charge in [-0.15, -0.1) is 0 Å². The monoisotopic (exact) mass is 327 g/mol. The molecule has 0 bridgehead atoms. The second kappa shape index (κ2) is 5.51. The molecule has 0 saturated heterocycles. The van der Waals surface area contributed by atoms with Gasteiger partial charge in [-0.25, -0.2) is 4.98 Å². The van der Waals surface area contributed by atoms with Crippen molar-refractivity contribution in [2.45, 2.75) is 6.54 Å². The van der Waals surface area contributed by atoms with Crippen LogP contribution >= 0.6 is 15.9 Å². The van der Waals surface area contributed by atoms with Crippen LogP contribution in [0.2, 0.25) is 0 Å². The molecule has 2 aromatic carbocycles. The van der Waals surface area contributed by atoms with Crippen molar-refractivity contribution in [3.05, 3.63) is 71.1 Å². The van der Waals surface area contributed by atoms with Crippen molar-refractivity contribution in [3.8, 4) is 11.3 Å². The van der Waals surface area contributed by atoms with Crippen molar-refractivity contribution in [1.29, 1.82) is 0 Å². The van der Waals surface area contributed by atoms with Crippen LogP contribution in [0.25, 0.3) is 11.3 Å². The molecule has 0 atom stereocenters. The van der Waals surface area contributed by atoms with Gasteiger partial charge >= 0.3 is 0 Å². The summed E-state index contributed by atoms with van der Waals surface area (Å²) in [5.74, 6) is 0. The zero-order valence-electron chi connectivity index (χ0n) is 10.8. The molecule has 1 heterocycles. The first-order chi connectivity index (χ1) is 9.74. The lowest BCUT2D eigenvalue weighted by atomic mass is 10.1. The average molecular weight is 328 g/mol. The molecule has 0 aliphatic heterocycles. The van der Waals surface area contributed by atoms with Crippen LogP contribution in [-0.4, -0.2) is 9.55 Å². The lowest BCUT2D eigenvalue weighted by Crippen LogP contribution is -2.00. The Morgan fingerprint density at radius 3 is 2.55 bits per heavy atom. The third-order valence-corrected chi connectivity index (χ3v) is 3.89. The molecule has 3 nitrogen and oxygen atoms in total. The first-order valence-corrected chi connectivity index (χ1v) is 7.13. The lowest BCUT2D eigenvalue weighted by molar-refractivity contribution is 0.804. The fourth-order valence-corrected chi connectivity index (χ4v) is 2.65. The molecular weight excluding hydrogens is 314 g/mol. The molecule has 0 unspecified atom stereocenters. The van der Waals surface area contributed by atoms with Crippen molar-refractivity contribution in [1.82, 2.24) is 9.55 Å². The van der Waals surface area contributed by atoms with Gasteiger partial charge in [0.25, 0.3) is 0 Å². The third kappa shape index (κ3) is 2.60. The molecule has 100 valence electrons. The minimum absolute atomic E-state index is 0.775. The van der Waals surface area contributed by atoms with Crippen LogP contribution in [0.4, 0.5) is 5.69 Å². The number of rotatable bonds is 3. The topological polar surface area (TPSA) is 43.8 Å². The SMILES string of the molecule is Nc1ccc(Cn2cncc2-c2ccccc2Br)cc1. The van der Waals surface area contributed by atoms with Gasteiger partial charge in [0, 0.05) is 22.3 Å². The summed E-state index contributed by atoms with van der Waals surface area (Å²) in [5, 5.41) is 0. The van der Waals surface area contributed by atoms with Crippen LogP contribution in [0.1, 0.15) is 5.56 Å². The molecule has 0 spiro atoms. The molecule has 0 aliphatic carbocycles. The van der Waals surface area contributed by atoms with E-state index in [9.17, 15) is 0 Å². The van der Waals surface area contributed by atoms with E-state index in [1.165, 1.54) is 5.56 Å². The maximum atomic E-state index is 5.72. The van der Waals surface area contributed by atoms with Gasteiger partial charge < -0.3 is 10.3 Å². The van der Waals surface area contributed by atoms with Gasteiger partial charge in [-0.3, -0.25) is 0 Å². The Bertz CT molecular complexity index is 717. The lowest BCUT2D eigenvalue weighted by Gasteiger charge is -2.10. The highest BCUT2D eigenvalue weighted by atomic mass is 79.9. The van der Waals surface area contributed by atoms with E-state index in [1.807, 2.05) is 55.0 Å². The standard InChI is InChI=1S/C16H14BrN3/c17-15-4-2-1-3-14(15)16-9-19-11-20(16)10-12-5-7-13(18)8-6-12/h1-9,11H,10,18H2. The average Bonchev–Trinajstić information content (AvgIpc) is 2.90. The van der Waals surface area contributed by atoms with Crippen LogP contribution in [-0.2, 0) is 6.54 Å². The predicted octanol–water partition coefficient (Wildman–Crippen LogP) is 3.94. The highest BCUT2D eigenvalue weighted by molar-refractivity contribution is 9.10. The number of nitrogens with zero attached hydrogens (tertiary/aromatic N) is 2. The molecular formula is C16H14BrN3. The van der Waals surface area contributed by atoms with E-state index in [-0.39, 0.29) is 0 Å². The molecule has 3 rings (SSSR count). The second-order valence-electron chi connectivity index (χ2n) is 4.63. The number of anilines is 1. The van der Waals surface area contributed by atoms with Gasteiger partial charge in [0.05, 0.1) is 18.2 Å². The Kier molecular flexibility index (Phi) is 3.56. The van der Waals surface area contributed by atoms with Gasteiger partial charge in [-0.1, -0.05) is 46.3 Å². The molecule has 0 amide bonds. The number of hydrogen-bond donors (Lipinski definition) is 1. The Labute approximate surface area is 126 Å². The summed E-state index contributed by atoms with van der Waals surface area (Å²) in [6.07, 6.45) is 3.74. The number of nitrogen functional groups attached to an aromatic ring is 1. The molecule has 0 aliphatic rings. The van der Waals surface area contributed by atoms with Gasteiger partial charge in [-0.05, 0) is 23.8 Å². The molecule has 3 aromatic rings. The highest BCUT2D eigenvalue weighted by Crippen LogP contribution is 2.28. The maximum Gasteiger partial charge on any atom is 0.0954 e. The third-order valence-electron chi connectivity index (χ3n) is 3.19. The molecule has 1 aromatic heterocycles. The van der Waals surface area contributed by atoms with Crippen molar-refractivity contribution in [2.75, 3.05) is 5.73 Å². The summed E-state index contributed by atoms with van der Waals surface area (Å²) in [6, 6.07) is 16.1. The van der Waals surface area contributed by atoms with Gasteiger partial charge in [0.1, 0.15) is 0 Å². The van der Waals surface area contributed by atoms with E-state index in [0.717, 1.165) is 28.0 Å². The number of halogens is 1. The van der Waals surface area contributed by atoms with Crippen LogP contribution in [0.3, 0.4) is 0 Å². The van der Waals surface area contributed by atoms with Crippen molar-refractivity contribution >= 4 is 21.6 Å². The first-order valence-electron chi connectivity index (χ1n) is 6.33. The highest BCUT2D eigenvalue weighted by Gasteiger charge is 2.08. The summed E-state index contributed by atoms with van der Waals surface area (Å²) in [6.45, 7) is 0.775. The van der Waals surface area contributed by atoms with Gasteiger partial charge in [-0.2, -0.15) is 0 Å². The summed E-state index contributed by atoms with van der Waals surface area (Å²) < 4.78 is 3.20. The Morgan fingerprint density at radius 1 is 1.05 bits per heavy atom. The number of aromatic nitrogens is 2. The molecule has 0 saturated carbocycles. The van der Waals surface area contributed by atoms with Crippen LogP contribution < -0.4 is 5.73 Å². The van der Waals surface area contributed by atoms with E-state index < -0.39 is 0 Å². The quantitative estimate of drug-likeness (QED) is 0.740. The zero-order chi connectivity index (χ0) is 13.9. The summed E-state index contributed by atoms with van der Waals surface area (Å²) in [4.78, 5) is 4.27. The van der Waals surface area contributed by atoms with E-state index in [1.54, 1.807) is 0 Å². The summed E-state index contributed by atoms with van der Waals surface area (Å²) in [7, 11) is 0. The van der Waals surface area contributed by atoms with Crippen LogP contribution in [0.15, 0.2) is 65.5 Å². The van der Waals surface area contributed by atoms with Crippen molar-refractivity contribution in [3.63, 3.8) is 0 Å². The Morgan fingerprint density at radius 2 is 1.80 bits per heavy atom. The minimum Gasteiger partial charge on any atom is -0.399 e. The minimum atomic E-state index is 0.775. The van der Waals surface area contributed by atoms with E-state index in [4.69, 9.17) is 5.73 Å². The number of nitrogens with two attached hydrogens (primary N) is 1. The predicted molar refractivity (Wildman–Crippen MR) is 85.3 cm³/mol. The Hall–Kier alpha value is -2.07. The summed E-state index contributed by atoms with van der Waals surface area (Å²) in [5.41, 5.74) is 9.93. The number of benzene rings is 2. The second-order valence-corrected chi connectivity index (χ2v) is 5.48. The fourth-order valence-electron chi connectivity index (χ4n) is 2.16. The molecule has 2 N–H and O–H groups in total. The molecule has 0 fully saturated rings. The zero-order valence-corrected chi connectivity index (χ0v) is 12.4. The van der Waals surface area contributed by atoms with E-state index in [0.29, 0.717) is 0 Å². The van der Waals surface area contributed by atoms with Crippen LogP contribution in [0.5, 0.6) is 0 Å². The van der Waals surface area contributed by atoms with Crippen LogP contribution in [0, 0.1) is 0 Å². The maximum absolute atomic E-state index is 5.72. The number of hydrogen-bond acceptors (Lipinski definition) is 2. The smallest absolute Gasteiger partial charge is 0.0954 e. The van der Waals surface area contributed by atoms with E-state index in [2.05, 4.69) is 31.5 Å². The fraction of sp³-hybridized carbons (Fsp3) is 0.0625. The van der Waals surface area contributed by atoms with Gasteiger partial charge in [0.2, 0.25) is 0 Å². The molecule has 0 radical (unpaired) electrons. The molecule has 20 heavy (non-hydrogen) atoms. The van der Waals surface area contributed by atoms with E-state index >= 15 is 0 Å². The largest absolute Gasteiger partial charge is 0.399 e. The van der Waals surface area contributed by atoms with Crippen molar-refractivity contribution < 1.29 is 0 Å². The van der Waals surface area contributed by atoms with Crippen molar-refractivity contribution in [2.24, 2.45) is 0 Å². The molecule has 4 heteroatoms. The normalized spacial score (nSPS) is 10.7. The number of imidazole rings is 1. The Balaban J connectivity index is 1.95. The first kappa shape index (κ1) is 12.9. The van der Waals surface area contributed by atoms with Gasteiger partial charge in [0.15, 0.2) is 0 Å². The summed E-state index contributed by atoms with van der Waals surface area (Å²) >= 11 is 3.59.